The number of hydrogen-bond donors (Lipinski definition) is 0. The van der Waals surface area contributed by atoms with Crippen LogP contribution in [0.25, 0.3) is 0 Å². The number of rotatable bonds is 2. The normalized spacial score (nSPS) is 24.6. The van der Waals surface area contributed by atoms with Crippen LogP contribution in [0, 0.1) is 6.92 Å². The molecule has 4 heteroatoms. The maximum atomic E-state index is 12.3. The summed E-state index contributed by atoms with van der Waals surface area (Å²) in [6, 6.07) is 4.09. The fourth-order valence-electron chi connectivity index (χ4n) is 2.38. The van der Waals surface area contributed by atoms with Crippen molar-refractivity contribution >= 4 is 28.8 Å². The largest absolute Gasteiger partial charge is 0.337 e. The Labute approximate surface area is 112 Å². The number of thiophene rings is 1. The predicted molar refractivity (Wildman–Crippen MR) is 73.0 cm³/mol. The van der Waals surface area contributed by atoms with Crippen molar-refractivity contribution in [3.63, 3.8) is 0 Å². The molecule has 1 aliphatic rings. The van der Waals surface area contributed by atoms with Crippen molar-refractivity contribution in [3.05, 3.63) is 21.9 Å². The van der Waals surface area contributed by atoms with Crippen LogP contribution in [0.1, 0.15) is 40.2 Å². The number of alkyl halides is 1. The maximum absolute atomic E-state index is 12.3. The second-order valence-corrected chi connectivity index (χ2v) is 6.54. The molecule has 0 spiro atoms. The molecule has 0 bridgehead atoms. The molecule has 17 heavy (non-hydrogen) atoms. The summed E-state index contributed by atoms with van der Waals surface area (Å²) in [6.45, 7) is 2.02. The predicted octanol–water partition coefficient (Wildman–Crippen LogP) is 3.68. The lowest BCUT2D eigenvalue weighted by Crippen LogP contribution is -2.44. The Morgan fingerprint density at radius 3 is 2.71 bits per heavy atom. The zero-order valence-corrected chi connectivity index (χ0v) is 11.9. The summed E-state index contributed by atoms with van der Waals surface area (Å²) in [5.41, 5.74) is 0. The minimum absolute atomic E-state index is 0.110. The first-order valence-corrected chi connectivity index (χ1v) is 7.32. The van der Waals surface area contributed by atoms with Gasteiger partial charge in [-0.25, -0.2) is 0 Å². The molecule has 0 saturated heterocycles. The van der Waals surface area contributed by atoms with Crippen molar-refractivity contribution < 1.29 is 4.79 Å². The van der Waals surface area contributed by atoms with Crippen LogP contribution in [0.15, 0.2) is 12.1 Å². The van der Waals surface area contributed by atoms with E-state index in [1.165, 1.54) is 17.7 Å². The van der Waals surface area contributed by atoms with Crippen LogP contribution < -0.4 is 0 Å². The van der Waals surface area contributed by atoms with Crippen LogP contribution in [0.5, 0.6) is 0 Å². The molecule has 2 nitrogen and oxygen atoms in total. The summed E-state index contributed by atoms with van der Waals surface area (Å²) >= 11 is 7.88. The minimum Gasteiger partial charge on any atom is -0.337 e. The Hall–Kier alpha value is -0.540. The fourth-order valence-corrected chi connectivity index (χ4v) is 3.68. The van der Waals surface area contributed by atoms with Gasteiger partial charge >= 0.3 is 0 Å². The molecule has 1 saturated carbocycles. The van der Waals surface area contributed by atoms with E-state index in [1.807, 2.05) is 31.0 Å². The van der Waals surface area contributed by atoms with Crippen LogP contribution in [0.3, 0.4) is 0 Å². The number of aryl methyl sites for hydroxylation is 1. The van der Waals surface area contributed by atoms with Gasteiger partial charge in [-0.15, -0.1) is 22.9 Å². The lowest BCUT2D eigenvalue weighted by Gasteiger charge is -2.34. The number of carbonyl (C=O) groups is 1. The monoisotopic (exact) mass is 271 g/mol. The van der Waals surface area contributed by atoms with Crippen molar-refractivity contribution in [1.82, 2.24) is 4.90 Å². The molecule has 2 rings (SSSR count). The molecule has 1 aromatic rings. The van der Waals surface area contributed by atoms with Crippen molar-refractivity contribution in [2.24, 2.45) is 0 Å². The van der Waals surface area contributed by atoms with E-state index in [4.69, 9.17) is 11.6 Å². The van der Waals surface area contributed by atoms with Gasteiger partial charge in [0.15, 0.2) is 0 Å². The van der Waals surface area contributed by atoms with Gasteiger partial charge in [-0.1, -0.05) is 12.8 Å². The van der Waals surface area contributed by atoms with E-state index >= 15 is 0 Å². The van der Waals surface area contributed by atoms with Gasteiger partial charge in [0, 0.05) is 18.0 Å². The molecule has 1 aromatic heterocycles. The first kappa shape index (κ1) is 12.9. The highest BCUT2D eigenvalue weighted by atomic mass is 35.5. The molecule has 2 unspecified atom stereocenters. The Morgan fingerprint density at radius 1 is 1.41 bits per heavy atom. The number of halogens is 1. The molecule has 1 amide bonds. The van der Waals surface area contributed by atoms with Crippen molar-refractivity contribution in [2.45, 2.75) is 44.0 Å². The highest BCUT2D eigenvalue weighted by Crippen LogP contribution is 2.28. The van der Waals surface area contributed by atoms with Gasteiger partial charge in [0.2, 0.25) is 0 Å². The van der Waals surface area contributed by atoms with Gasteiger partial charge in [-0.3, -0.25) is 4.79 Å². The van der Waals surface area contributed by atoms with Crippen molar-refractivity contribution in [1.29, 1.82) is 0 Å². The molecule has 0 aliphatic heterocycles. The maximum Gasteiger partial charge on any atom is 0.263 e. The van der Waals surface area contributed by atoms with E-state index < -0.39 is 0 Å². The molecule has 0 radical (unpaired) electrons. The molecule has 0 aromatic carbocycles. The highest BCUT2D eigenvalue weighted by molar-refractivity contribution is 7.13. The van der Waals surface area contributed by atoms with Crippen LogP contribution in [-0.2, 0) is 0 Å². The van der Waals surface area contributed by atoms with Gasteiger partial charge < -0.3 is 4.90 Å². The molecular formula is C13H18ClNOS. The average Bonchev–Trinajstić information content (AvgIpc) is 2.75. The molecule has 2 atom stereocenters. The lowest BCUT2D eigenvalue weighted by molar-refractivity contribution is 0.0705. The summed E-state index contributed by atoms with van der Waals surface area (Å²) in [7, 11) is 1.88. The highest BCUT2D eigenvalue weighted by Gasteiger charge is 2.30. The van der Waals surface area contributed by atoms with E-state index in [9.17, 15) is 4.79 Å². The second-order valence-electron chi connectivity index (χ2n) is 4.69. The number of amides is 1. The second kappa shape index (κ2) is 5.40. The quantitative estimate of drug-likeness (QED) is 0.752. The lowest BCUT2D eigenvalue weighted by atomic mass is 9.94. The third kappa shape index (κ3) is 2.83. The van der Waals surface area contributed by atoms with Gasteiger partial charge in [-0.2, -0.15) is 0 Å². The molecular weight excluding hydrogens is 254 g/mol. The zero-order chi connectivity index (χ0) is 12.4. The molecule has 0 N–H and O–H groups in total. The third-order valence-electron chi connectivity index (χ3n) is 3.42. The Bertz CT molecular complexity index is 404. The average molecular weight is 272 g/mol. The van der Waals surface area contributed by atoms with Crippen molar-refractivity contribution in [2.75, 3.05) is 7.05 Å². The van der Waals surface area contributed by atoms with E-state index in [0.29, 0.717) is 0 Å². The summed E-state index contributed by atoms with van der Waals surface area (Å²) in [6.07, 6.45) is 4.41. The van der Waals surface area contributed by atoms with E-state index in [2.05, 4.69) is 0 Å². The van der Waals surface area contributed by atoms with Crippen LogP contribution in [0.4, 0.5) is 0 Å². The number of hydrogen-bond acceptors (Lipinski definition) is 2. The van der Waals surface area contributed by atoms with Crippen molar-refractivity contribution in [3.8, 4) is 0 Å². The topological polar surface area (TPSA) is 20.3 Å². The van der Waals surface area contributed by atoms with Crippen LogP contribution >= 0.6 is 22.9 Å². The molecule has 1 heterocycles. The SMILES string of the molecule is Cc1ccc(C(=O)N(C)C2CCCCC2Cl)s1. The van der Waals surface area contributed by atoms with Gasteiger partial charge in [0.1, 0.15) is 0 Å². The van der Waals surface area contributed by atoms with Gasteiger partial charge in [0.25, 0.3) is 5.91 Å². The van der Waals surface area contributed by atoms with Gasteiger partial charge in [-0.05, 0) is 31.9 Å². The van der Waals surface area contributed by atoms with Gasteiger partial charge in [0.05, 0.1) is 10.3 Å². The van der Waals surface area contributed by atoms with E-state index in [-0.39, 0.29) is 17.3 Å². The van der Waals surface area contributed by atoms with Crippen LogP contribution in [0.2, 0.25) is 0 Å². The minimum atomic E-state index is 0.110. The Kier molecular flexibility index (Phi) is 4.10. The number of nitrogens with zero attached hydrogens (tertiary/aromatic N) is 1. The Balaban J connectivity index is 2.08. The van der Waals surface area contributed by atoms with E-state index in [1.54, 1.807) is 11.3 Å². The summed E-state index contributed by atoms with van der Waals surface area (Å²) in [4.78, 5) is 16.1. The number of carbonyl (C=O) groups excluding carboxylic acids is 1. The summed E-state index contributed by atoms with van der Waals surface area (Å²) < 4.78 is 0. The first-order chi connectivity index (χ1) is 8.09. The summed E-state index contributed by atoms with van der Waals surface area (Å²) in [5, 5.41) is 0.110. The summed E-state index contributed by atoms with van der Waals surface area (Å²) in [5.74, 6) is 0.112. The fraction of sp³-hybridized carbons (Fsp3) is 0.615. The molecule has 94 valence electrons. The van der Waals surface area contributed by atoms with E-state index in [0.717, 1.165) is 17.7 Å². The zero-order valence-electron chi connectivity index (χ0n) is 10.3. The molecule has 1 aliphatic carbocycles. The third-order valence-corrected chi connectivity index (χ3v) is 4.91. The first-order valence-electron chi connectivity index (χ1n) is 6.07. The van der Waals surface area contributed by atoms with Crippen LogP contribution in [-0.4, -0.2) is 29.3 Å². The molecule has 1 fully saturated rings. The standard InChI is InChI=1S/C13H18ClNOS/c1-9-7-8-12(17-9)13(16)15(2)11-6-4-3-5-10(11)14/h7-8,10-11H,3-6H2,1-2H3. The smallest absolute Gasteiger partial charge is 0.263 e. The Morgan fingerprint density at radius 2 is 2.12 bits per heavy atom.